The van der Waals surface area contributed by atoms with Gasteiger partial charge in [-0.25, -0.2) is 8.42 Å². The molecule has 3 aromatic carbocycles. The number of halogens is 2. The second kappa shape index (κ2) is 13.8. The first-order valence-corrected chi connectivity index (χ1v) is 15.1. The van der Waals surface area contributed by atoms with E-state index in [2.05, 4.69) is 5.32 Å². The third-order valence-electron chi connectivity index (χ3n) is 6.28. The molecule has 0 spiro atoms. The number of nitrogens with one attached hydrogen (secondary N) is 1. The van der Waals surface area contributed by atoms with Crippen molar-refractivity contribution in [1.29, 1.82) is 0 Å². The number of benzene rings is 3. The van der Waals surface area contributed by atoms with Crippen LogP contribution in [0.2, 0.25) is 10.0 Å². The molecule has 0 heterocycles. The number of sulfonamides is 1. The predicted molar refractivity (Wildman–Crippen MR) is 158 cm³/mol. The summed E-state index contributed by atoms with van der Waals surface area (Å²) in [4.78, 5) is 28.4. The van der Waals surface area contributed by atoms with Gasteiger partial charge >= 0.3 is 0 Å². The number of anilines is 1. The largest absolute Gasteiger partial charge is 0.357 e. The van der Waals surface area contributed by atoms with E-state index in [-0.39, 0.29) is 48.5 Å². The second-order valence-electron chi connectivity index (χ2n) is 9.36. The third kappa shape index (κ3) is 8.71. The summed E-state index contributed by atoms with van der Waals surface area (Å²) < 4.78 is 26.3. The van der Waals surface area contributed by atoms with Crippen molar-refractivity contribution in [3.05, 3.63) is 99.5 Å². The first-order valence-electron chi connectivity index (χ1n) is 12.5. The number of rotatable bonds is 12. The standard InChI is InChI=1S/C29H33Cl2N3O4S/c1-21-9-7-12-23(17-21)20-33(27(29(36)32-2)18-22-10-5-4-6-11-22)28(35)13-8-16-34(39(3,37)38)26-19-24(30)14-15-25(26)31/h4-7,9-12,14-15,17,19,27H,8,13,16,18,20H2,1-3H3,(H,32,36). The number of likely N-dealkylation sites (N-methyl/N-ethyl adjacent to an activating group) is 1. The summed E-state index contributed by atoms with van der Waals surface area (Å²) in [7, 11) is -2.15. The van der Waals surface area contributed by atoms with Crippen LogP contribution < -0.4 is 9.62 Å². The van der Waals surface area contributed by atoms with Crippen molar-refractivity contribution < 1.29 is 18.0 Å². The fraction of sp³-hybridized carbons (Fsp3) is 0.310. The van der Waals surface area contributed by atoms with Gasteiger partial charge in [-0.2, -0.15) is 0 Å². The first-order chi connectivity index (χ1) is 18.5. The Morgan fingerprint density at radius 1 is 0.949 bits per heavy atom. The molecule has 0 saturated heterocycles. The molecule has 0 aromatic heterocycles. The molecule has 3 aromatic rings. The lowest BCUT2D eigenvalue weighted by molar-refractivity contribution is -0.141. The third-order valence-corrected chi connectivity index (χ3v) is 8.02. The van der Waals surface area contributed by atoms with E-state index in [0.29, 0.717) is 11.4 Å². The number of nitrogens with zero attached hydrogens (tertiary/aromatic N) is 2. The van der Waals surface area contributed by atoms with Crippen LogP contribution in [0.1, 0.15) is 29.5 Å². The van der Waals surface area contributed by atoms with Gasteiger partial charge in [-0.15, -0.1) is 0 Å². The number of carbonyl (C=O) groups is 2. The molecule has 0 radical (unpaired) electrons. The van der Waals surface area contributed by atoms with Crippen LogP contribution in [-0.2, 0) is 32.6 Å². The lowest BCUT2D eigenvalue weighted by Crippen LogP contribution is -2.49. The highest BCUT2D eigenvalue weighted by atomic mass is 35.5. The van der Waals surface area contributed by atoms with E-state index in [1.807, 2.05) is 61.5 Å². The Kier molecular flexibility index (Phi) is 10.8. The van der Waals surface area contributed by atoms with Crippen LogP contribution >= 0.6 is 23.2 Å². The molecule has 0 aliphatic heterocycles. The molecule has 0 saturated carbocycles. The molecule has 1 unspecified atom stereocenters. The van der Waals surface area contributed by atoms with Crippen molar-refractivity contribution in [1.82, 2.24) is 10.2 Å². The Labute approximate surface area is 240 Å². The Bertz CT molecular complexity index is 1400. The number of aryl methyl sites for hydroxylation is 1. The predicted octanol–water partition coefficient (Wildman–Crippen LogP) is 5.23. The van der Waals surface area contributed by atoms with Crippen LogP contribution in [0, 0.1) is 6.92 Å². The van der Waals surface area contributed by atoms with Crippen molar-refractivity contribution in [3.63, 3.8) is 0 Å². The minimum absolute atomic E-state index is 0.0201. The van der Waals surface area contributed by atoms with Gasteiger partial charge in [-0.1, -0.05) is 83.4 Å². The van der Waals surface area contributed by atoms with Crippen molar-refractivity contribution in [2.45, 2.75) is 38.8 Å². The minimum atomic E-state index is -3.70. The van der Waals surface area contributed by atoms with E-state index >= 15 is 0 Å². The van der Waals surface area contributed by atoms with Crippen LogP contribution in [-0.4, -0.2) is 51.0 Å². The van der Waals surface area contributed by atoms with E-state index in [1.165, 1.54) is 12.1 Å². The van der Waals surface area contributed by atoms with Gasteiger partial charge in [0.25, 0.3) is 0 Å². The summed E-state index contributed by atoms with van der Waals surface area (Å²) in [6.45, 7) is 2.23. The van der Waals surface area contributed by atoms with Gasteiger partial charge in [-0.3, -0.25) is 13.9 Å². The number of hydrogen-bond donors (Lipinski definition) is 1. The SMILES string of the molecule is CNC(=O)C(Cc1ccccc1)N(Cc1cccc(C)c1)C(=O)CCCN(c1cc(Cl)ccc1Cl)S(C)(=O)=O. The molecule has 3 rings (SSSR count). The first kappa shape index (κ1) is 30.5. The van der Waals surface area contributed by atoms with Crippen LogP contribution in [0.4, 0.5) is 5.69 Å². The second-order valence-corrected chi connectivity index (χ2v) is 12.1. The van der Waals surface area contributed by atoms with Crippen LogP contribution in [0.15, 0.2) is 72.8 Å². The maximum Gasteiger partial charge on any atom is 0.242 e. The molecule has 0 bridgehead atoms. The molecular formula is C29H33Cl2N3O4S. The average molecular weight is 591 g/mol. The molecule has 0 aliphatic carbocycles. The van der Waals surface area contributed by atoms with Gasteiger partial charge in [0.1, 0.15) is 6.04 Å². The van der Waals surface area contributed by atoms with E-state index in [9.17, 15) is 18.0 Å². The average Bonchev–Trinajstić information content (AvgIpc) is 2.89. The summed E-state index contributed by atoms with van der Waals surface area (Å²) in [5.41, 5.74) is 3.12. The Hall–Kier alpha value is -3.07. The van der Waals surface area contributed by atoms with E-state index in [0.717, 1.165) is 27.3 Å². The summed E-state index contributed by atoms with van der Waals surface area (Å²) >= 11 is 12.4. The summed E-state index contributed by atoms with van der Waals surface area (Å²) in [5, 5.41) is 3.28. The number of hydrogen-bond acceptors (Lipinski definition) is 4. The topological polar surface area (TPSA) is 86.8 Å². The van der Waals surface area contributed by atoms with Gasteiger partial charge in [0.05, 0.1) is 17.0 Å². The van der Waals surface area contributed by atoms with E-state index in [1.54, 1.807) is 18.0 Å². The van der Waals surface area contributed by atoms with Crippen molar-refractivity contribution >= 4 is 50.7 Å². The lowest BCUT2D eigenvalue weighted by Gasteiger charge is -2.31. The number of amides is 2. The van der Waals surface area contributed by atoms with Gasteiger partial charge in [0.2, 0.25) is 21.8 Å². The highest BCUT2D eigenvalue weighted by Gasteiger charge is 2.30. The zero-order valence-electron chi connectivity index (χ0n) is 22.2. The van der Waals surface area contributed by atoms with Gasteiger partial charge < -0.3 is 10.2 Å². The Morgan fingerprint density at radius 2 is 1.64 bits per heavy atom. The molecule has 1 N–H and O–H groups in total. The van der Waals surface area contributed by atoms with Crippen LogP contribution in [0.5, 0.6) is 0 Å². The quantitative estimate of drug-likeness (QED) is 0.313. The van der Waals surface area contributed by atoms with Crippen molar-refractivity contribution in [3.8, 4) is 0 Å². The fourth-order valence-electron chi connectivity index (χ4n) is 4.39. The normalized spacial score (nSPS) is 12.0. The molecule has 0 aliphatic rings. The van der Waals surface area contributed by atoms with Crippen LogP contribution in [0.3, 0.4) is 0 Å². The maximum absolute atomic E-state index is 13.7. The molecule has 10 heteroatoms. The summed E-state index contributed by atoms with van der Waals surface area (Å²) in [6.07, 6.45) is 1.66. The maximum atomic E-state index is 13.7. The zero-order valence-corrected chi connectivity index (χ0v) is 24.6. The van der Waals surface area contributed by atoms with Gasteiger partial charge in [-0.05, 0) is 42.7 Å². The highest BCUT2D eigenvalue weighted by Crippen LogP contribution is 2.31. The number of carbonyl (C=O) groups excluding carboxylic acids is 2. The van der Waals surface area contributed by atoms with E-state index in [4.69, 9.17) is 23.2 Å². The fourth-order valence-corrected chi connectivity index (χ4v) is 5.79. The summed E-state index contributed by atoms with van der Waals surface area (Å²) in [5.74, 6) is -0.532. The molecule has 0 fully saturated rings. The molecule has 2 amide bonds. The van der Waals surface area contributed by atoms with E-state index < -0.39 is 16.1 Å². The molecule has 1 atom stereocenters. The molecule has 39 heavy (non-hydrogen) atoms. The van der Waals surface area contributed by atoms with Gasteiger partial charge in [0, 0.05) is 38.0 Å². The smallest absolute Gasteiger partial charge is 0.242 e. The Balaban J connectivity index is 1.86. The minimum Gasteiger partial charge on any atom is -0.357 e. The van der Waals surface area contributed by atoms with Crippen LogP contribution in [0.25, 0.3) is 0 Å². The molecular weight excluding hydrogens is 557 g/mol. The monoisotopic (exact) mass is 589 g/mol. The molecule has 208 valence electrons. The molecule has 7 nitrogen and oxygen atoms in total. The van der Waals surface area contributed by atoms with Crippen molar-refractivity contribution in [2.75, 3.05) is 24.2 Å². The van der Waals surface area contributed by atoms with Crippen molar-refractivity contribution in [2.24, 2.45) is 0 Å². The zero-order chi connectivity index (χ0) is 28.6. The van der Waals surface area contributed by atoms with Gasteiger partial charge in [0.15, 0.2) is 0 Å². The Morgan fingerprint density at radius 3 is 2.28 bits per heavy atom. The highest BCUT2D eigenvalue weighted by molar-refractivity contribution is 7.92. The lowest BCUT2D eigenvalue weighted by atomic mass is 10.0. The summed E-state index contributed by atoms with van der Waals surface area (Å²) in [6, 6.07) is 21.1.